The molecule has 1 unspecified atom stereocenters. The maximum absolute atomic E-state index is 5.29. The first-order chi connectivity index (χ1) is 11.8. The van der Waals surface area contributed by atoms with Gasteiger partial charge in [0.05, 0.1) is 7.11 Å². The Labute approximate surface area is 153 Å². The minimum Gasteiger partial charge on any atom is -0.497 e. The van der Waals surface area contributed by atoms with Gasteiger partial charge < -0.3 is 10.1 Å². The number of hydrogen-bond acceptors (Lipinski definition) is 3. The molecule has 0 aromatic heterocycles. The molecule has 128 valence electrons. The van der Waals surface area contributed by atoms with Crippen molar-refractivity contribution < 1.29 is 4.74 Å². The van der Waals surface area contributed by atoms with Gasteiger partial charge in [0.15, 0.2) is 0 Å². The summed E-state index contributed by atoms with van der Waals surface area (Å²) in [5.74, 6) is 0.918. The highest BCUT2D eigenvalue weighted by atomic mass is 79.9. The van der Waals surface area contributed by atoms with E-state index < -0.39 is 0 Å². The van der Waals surface area contributed by atoms with Crippen LogP contribution in [0, 0.1) is 0 Å². The molecule has 0 saturated carbocycles. The first-order valence-electron chi connectivity index (χ1n) is 8.59. The van der Waals surface area contributed by atoms with Crippen molar-refractivity contribution in [2.75, 3.05) is 26.7 Å². The van der Waals surface area contributed by atoms with Crippen molar-refractivity contribution in [1.82, 2.24) is 10.2 Å². The Morgan fingerprint density at radius 2 is 1.88 bits per heavy atom. The maximum Gasteiger partial charge on any atom is 0.118 e. The molecule has 0 radical (unpaired) electrons. The van der Waals surface area contributed by atoms with Crippen molar-refractivity contribution in [3.05, 3.63) is 64.1 Å². The summed E-state index contributed by atoms with van der Waals surface area (Å²) in [7, 11) is 1.71. The van der Waals surface area contributed by atoms with Gasteiger partial charge in [-0.15, -0.1) is 0 Å². The molecule has 1 saturated heterocycles. The Balaban J connectivity index is 1.65. The molecule has 0 spiro atoms. The molecule has 1 atom stereocenters. The van der Waals surface area contributed by atoms with E-state index in [0.717, 1.165) is 23.3 Å². The summed E-state index contributed by atoms with van der Waals surface area (Å²) >= 11 is 3.54. The molecule has 24 heavy (non-hydrogen) atoms. The monoisotopic (exact) mass is 388 g/mol. The van der Waals surface area contributed by atoms with Gasteiger partial charge in [0, 0.05) is 23.6 Å². The highest BCUT2D eigenvalue weighted by Crippen LogP contribution is 2.26. The largest absolute Gasteiger partial charge is 0.497 e. The minimum atomic E-state index is 0.422. The molecule has 1 heterocycles. The lowest BCUT2D eigenvalue weighted by Gasteiger charge is -2.28. The fourth-order valence-corrected chi connectivity index (χ4v) is 3.78. The van der Waals surface area contributed by atoms with Crippen LogP contribution in [0.4, 0.5) is 0 Å². The highest BCUT2D eigenvalue weighted by molar-refractivity contribution is 9.10. The molecule has 2 aromatic rings. The minimum absolute atomic E-state index is 0.422. The van der Waals surface area contributed by atoms with Crippen LogP contribution in [0.25, 0.3) is 0 Å². The van der Waals surface area contributed by atoms with Crippen molar-refractivity contribution in [2.24, 2.45) is 0 Å². The van der Waals surface area contributed by atoms with Gasteiger partial charge in [-0.2, -0.15) is 0 Å². The number of ether oxygens (including phenoxy) is 1. The number of hydrogen-bond donors (Lipinski definition) is 1. The lowest BCUT2D eigenvalue weighted by atomic mass is 10.0. The van der Waals surface area contributed by atoms with E-state index in [4.69, 9.17) is 4.74 Å². The number of halogens is 1. The van der Waals surface area contributed by atoms with Crippen LogP contribution in [0.2, 0.25) is 0 Å². The smallest absolute Gasteiger partial charge is 0.118 e. The fraction of sp³-hybridized carbons (Fsp3) is 0.400. The molecule has 1 aliphatic rings. The Hall–Kier alpha value is -1.36. The lowest BCUT2D eigenvalue weighted by Crippen LogP contribution is -2.34. The Morgan fingerprint density at radius 1 is 1.12 bits per heavy atom. The van der Waals surface area contributed by atoms with Crippen LogP contribution in [0.3, 0.4) is 0 Å². The highest BCUT2D eigenvalue weighted by Gasteiger charge is 2.23. The first kappa shape index (κ1) is 17.5. The standard InChI is InChI=1S/C20H25BrN2O/c1-24-19-9-7-17(8-10-19)20(23-11-2-3-12-23)15-22-14-16-5-4-6-18(21)13-16/h4-10,13,20,22H,2-3,11-12,14-15H2,1H3. The second-order valence-corrected chi connectivity index (χ2v) is 7.21. The molecule has 2 aromatic carbocycles. The molecular weight excluding hydrogens is 364 g/mol. The van der Waals surface area contributed by atoms with E-state index in [0.29, 0.717) is 6.04 Å². The maximum atomic E-state index is 5.29. The van der Waals surface area contributed by atoms with Gasteiger partial charge >= 0.3 is 0 Å². The second-order valence-electron chi connectivity index (χ2n) is 6.29. The van der Waals surface area contributed by atoms with E-state index in [2.05, 4.69) is 74.7 Å². The average Bonchev–Trinajstić information content (AvgIpc) is 3.13. The van der Waals surface area contributed by atoms with Crippen molar-refractivity contribution >= 4 is 15.9 Å². The number of nitrogens with one attached hydrogen (secondary N) is 1. The summed E-state index contributed by atoms with van der Waals surface area (Å²) in [5.41, 5.74) is 2.67. The number of rotatable bonds is 7. The van der Waals surface area contributed by atoms with Crippen LogP contribution in [-0.4, -0.2) is 31.6 Å². The third kappa shape index (κ3) is 4.59. The van der Waals surface area contributed by atoms with Gasteiger partial charge in [0.1, 0.15) is 5.75 Å². The van der Waals surface area contributed by atoms with Crippen LogP contribution in [0.15, 0.2) is 53.0 Å². The zero-order valence-electron chi connectivity index (χ0n) is 14.2. The van der Waals surface area contributed by atoms with Crippen molar-refractivity contribution in [1.29, 1.82) is 0 Å². The van der Waals surface area contributed by atoms with Gasteiger partial charge in [-0.05, 0) is 61.3 Å². The molecule has 1 N–H and O–H groups in total. The van der Waals surface area contributed by atoms with Gasteiger partial charge in [0.25, 0.3) is 0 Å². The third-order valence-electron chi connectivity index (χ3n) is 4.64. The number of likely N-dealkylation sites (tertiary alicyclic amines) is 1. The topological polar surface area (TPSA) is 24.5 Å². The first-order valence-corrected chi connectivity index (χ1v) is 9.39. The number of benzene rings is 2. The molecule has 1 fully saturated rings. The van der Waals surface area contributed by atoms with E-state index in [1.807, 2.05) is 0 Å². The quantitative estimate of drug-likeness (QED) is 0.761. The Kier molecular flexibility index (Phi) is 6.30. The SMILES string of the molecule is COc1ccc(C(CNCc2cccc(Br)c2)N2CCCC2)cc1. The van der Waals surface area contributed by atoms with Crippen molar-refractivity contribution in [2.45, 2.75) is 25.4 Å². The normalized spacial score (nSPS) is 16.2. The Bertz CT molecular complexity index is 638. The number of nitrogens with zero attached hydrogens (tertiary/aromatic N) is 1. The van der Waals surface area contributed by atoms with Gasteiger partial charge in [-0.1, -0.05) is 40.2 Å². The molecule has 3 rings (SSSR count). The molecule has 4 heteroatoms. The summed E-state index contributed by atoms with van der Waals surface area (Å²) in [4.78, 5) is 2.59. The molecule has 1 aliphatic heterocycles. The van der Waals surface area contributed by atoms with E-state index in [-0.39, 0.29) is 0 Å². The summed E-state index contributed by atoms with van der Waals surface area (Å²) < 4.78 is 6.42. The molecular formula is C20H25BrN2O. The van der Waals surface area contributed by atoms with Crippen LogP contribution in [0.5, 0.6) is 5.75 Å². The predicted molar refractivity (Wildman–Crippen MR) is 102 cm³/mol. The molecule has 3 nitrogen and oxygen atoms in total. The fourth-order valence-electron chi connectivity index (χ4n) is 3.34. The van der Waals surface area contributed by atoms with Crippen LogP contribution < -0.4 is 10.1 Å². The summed E-state index contributed by atoms with van der Waals surface area (Å²) in [5, 5.41) is 3.64. The van der Waals surface area contributed by atoms with Gasteiger partial charge in [0.2, 0.25) is 0 Å². The summed E-state index contributed by atoms with van der Waals surface area (Å²) in [6.07, 6.45) is 2.61. The van der Waals surface area contributed by atoms with E-state index in [9.17, 15) is 0 Å². The van der Waals surface area contributed by atoms with Crippen LogP contribution in [0.1, 0.15) is 30.0 Å². The number of methoxy groups -OCH3 is 1. The predicted octanol–water partition coefficient (Wildman–Crippen LogP) is 4.38. The zero-order valence-corrected chi connectivity index (χ0v) is 15.8. The van der Waals surface area contributed by atoms with E-state index >= 15 is 0 Å². The average molecular weight is 389 g/mol. The summed E-state index contributed by atoms with van der Waals surface area (Å²) in [6, 6.07) is 17.4. The van der Waals surface area contributed by atoms with Gasteiger partial charge in [-0.25, -0.2) is 0 Å². The van der Waals surface area contributed by atoms with Crippen LogP contribution >= 0.6 is 15.9 Å². The van der Waals surface area contributed by atoms with E-state index in [1.54, 1.807) is 7.11 Å². The van der Waals surface area contributed by atoms with Crippen molar-refractivity contribution in [3.8, 4) is 5.75 Å². The molecule has 0 amide bonds. The molecule has 0 aliphatic carbocycles. The van der Waals surface area contributed by atoms with E-state index in [1.165, 1.54) is 37.1 Å². The lowest BCUT2D eigenvalue weighted by molar-refractivity contribution is 0.238. The van der Waals surface area contributed by atoms with Crippen molar-refractivity contribution in [3.63, 3.8) is 0 Å². The third-order valence-corrected chi connectivity index (χ3v) is 5.13. The second kappa shape index (κ2) is 8.65. The Morgan fingerprint density at radius 3 is 2.54 bits per heavy atom. The van der Waals surface area contributed by atoms with Crippen LogP contribution in [-0.2, 0) is 6.54 Å². The summed E-state index contributed by atoms with van der Waals surface area (Å²) in [6.45, 7) is 4.23. The zero-order chi connectivity index (χ0) is 16.8. The van der Waals surface area contributed by atoms with Gasteiger partial charge in [-0.3, -0.25) is 4.90 Å². The molecule has 0 bridgehead atoms.